The lowest BCUT2D eigenvalue weighted by Crippen LogP contribution is -2.23. The normalized spacial score (nSPS) is 10.7. The van der Waals surface area contributed by atoms with E-state index in [-0.39, 0.29) is 0 Å². The Morgan fingerprint density at radius 1 is 1.15 bits per heavy atom. The van der Waals surface area contributed by atoms with Gasteiger partial charge < -0.3 is 14.8 Å². The van der Waals surface area contributed by atoms with Crippen molar-refractivity contribution in [2.75, 3.05) is 25.0 Å². The van der Waals surface area contributed by atoms with Crippen molar-refractivity contribution in [1.29, 1.82) is 0 Å². The molecule has 0 aliphatic rings. The van der Waals surface area contributed by atoms with Gasteiger partial charge in [0.05, 0.1) is 0 Å². The van der Waals surface area contributed by atoms with Crippen LogP contribution in [0, 0.1) is 0 Å². The second-order valence-corrected chi connectivity index (χ2v) is 5.14. The van der Waals surface area contributed by atoms with E-state index in [1.807, 2.05) is 0 Å². The van der Waals surface area contributed by atoms with Crippen LogP contribution in [0.3, 0.4) is 0 Å². The van der Waals surface area contributed by atoms with E-state index < -0.39 is 0 Å². The summed E-state index contributed by atoms with van der Waals surface area (Å²) in [5.74, 6) is 0. The number of aryl methyl sites for hydroxylation is 1. The van der Waals surface area contributed by atoms with E-state index in [9.17, 15) is 0 Å². The van der Waals surface area contributed by atoms with Gasteiger partial charge in [-0.3, -0.25) is 0 Å². The van der Waals surface area contributed by atoms with Crippen LogP contribution in [0.2, 0.25) is 0 Å². The average Bonchev–Trinajstić information content (AvgIpc) is 2.95. The first-order valence-corrected chi connectivity index (χ1v) is 7.41. The molecule has 0 amide bonds. The number of aromatic nitrogens is 1. The Morgan fingerprint density at radius 3 is 2.65 bits per heavy atom. The maximum absolute atomic E-state index is 3.51. The van der Waals surface area contributed by atoms with Gasteiger partial charge in [0.15, 0.2) is 0 Å². The number of hydrogen-bond acceptors (Lipinski definition) is 2. The molecule has 0 saturated carbocycles. The van der Waals surface area contributed by atoms with Gasteiger partial charge in [0.2, 0.25) is 0 Å². The zero-order chi connectivity index (χ0) is 14.2. The summed E-state index contributed by atoms with van der Waals surface area (Å²) in [5.41, 5.74) is 2.65. The summed E-state index contributed by atoms with van der Waals surface area (Å²) in [6, 6.07) is 12.7. The molecule has 1 aromatic heterocycles. The van der Waals surface area contributed by atoms with Crippen molar-refractivity contribution in [2.45, 2.75) is 26.4 Å². The fraction of sp³-hybridized carbons (Fsp3) is 0.412. The first kappa shape index (κ1) is 14.7. The molecular weight excluding hydrogens is 246 g/mol. The van der Waals surface area contributed by atoms with E-state index in [0.717, 1.165) is 32.6 Å². The lowest BCUT2D eigenvalue weighted by Gasteiger charge is -2.19. The molecule has 0 spiro atoms. The predicted molar refractivity (Wildman–Crippen MR) is 86.1 cm³/mol. The van der Waals surface area contributed by atoms with E-state index >= 15 is 0 Å². The van der Waals surface area contributed by atoms with Crippen LogP contribution in [-0.4, -0.2) is 24.7 Å². The minimum atomic E-state index is 0.960. The SMILES string of the molecule is CCn1ccc(CNCCCN(C)c2ccccc2)c1. The summed E-state index contributed by atoms with van der Waals surface area (Å²) in [4.78, 5) is 2.30. The van der Waals surface area contributed by atoms with E-state index in [1.165, 1.54) is 11.3 Å². The molecule has 0 atom stereocenters. The van der Waals surface area contributed by atoms with Crippen LogP contribution in [0.25, 0.3) is 0 Å². The molecule has 1 N–H and O–H groups in total. The Hall–Kier alpha value is -1.74. The van der Waals surface area contributed by atoms with Crippen molar-refractivity contribution in [1.82, 2.24) is 9.88 Å². The average molecular weight is 271 g/mol. The summed E-state index contributed by atoms with van der Waals surface area (Å²) >= 11 is 0. The molecule has 3 heteroatoms. The Bertz CT molecular complexity index is 490. The molecule has 2 rings (SSSR count). The number of anilines is 1. The molecule has 0 radical (unpaired) electrons. The van der Waals surface area contributed by atoms with Gasteiger partial charge in [0.25, 0.3) is 0 Å². The molecule has 108 valence electrons. The molecule has 1 heterocycles. The van der Waals surface area contributed by atoms with E-state index in [2.05, 4.69) is 77.5 Å². The molecule has 20 heavy (non-hydrogen) atoms. The van der Waals surface area contributed by atoms with Crippen LogP contribution >= 0.6 is 0 Å². The number of hydrogen-bond donors (Lipinski definition) is 1. The van der Waals surface area contributed by atoms with Gasteiger partial charge in [0, 0.05) is 44.8 Å². The molecule has 0 saturated heterocycles. The van der Waals surface area contributed by atoms with Crippen LogP contribution in [-0.2, 0) is 13.1 Å². The van der Waals surface area contributed by atoms with Crippen molar-refractivity contribution in [3.05, 3.63) is 54.4 Å². The number of nitrogens with zero attached hydrogens (tertiary/aromatic N) is 2. The third kappa shape index (κ3) is 4.42. The van der Waals surface area contributed by atoms with Gasteiger partial charge in [-0.05, 0) is 43.7 Å². The third-order valence-corrected chi connectivity index (χ3v) is 3.55. The van der Waals surface area contributed by atoms with Crippen molar-refractivity contribution < 1.29 is 0 Å². The lowest BCUT2D eigenvalue weighted by atomic mass is 10.3. The second kappa shape index (κ2) is 7.75. The fourth-order valence-electron chi connectivity index (χ4n) is 2.28. The summed E-state index contributed by atoms with van der Waals surface area (Å²) < 4.78 is 2.21. The van der Waals surface area contributed by atoms with Crippen LogP contribution in [0.15, 0.2) is 48.8 Å². The van der Waals surface area contributed by atoms with Crippen molar-refractivity contribution in [2.24, 2.45) is 0 Å². The van der Waals surface area contributed by atoms with Crippen LogP contribution < -0.4 is 10.2 Å². The Morgan fingerprint density at radius 2 is 1.95 bits per heavy atom. The van der Waals surface area contributed by atoms with Gasteiger partial charge in [-0.25, -0.2) is 0 Å². The molecule has 0 fully saturated rings. The predicted octanol–water partition coefficient (Wildman–Crippen LogP) is 3.12. The van der Waals surface area contributed by atoms with Crippen molar-refractivity contribution in [3.63, 3.8) is 0 Å². The monoisotopic (exact) mass is 271 g/mol. The van der Waals surface area contributed by atoms with Crippen molar-refractivity contribution in [3.8, 4) is 0 Å². The minimum absolute atomic E-state index is 0.960. The van der Waals surface area contributed by atoms with Crippen molar-refractivity contribution >= 4 is 5.69 Å². The Labute approximate surface area is 122 Å². The highest BCUT2D eigenvalue weighted by Gasteiger charge is 1.99. The first-order chi connectivity index (χ1) is 9.79. The summed E-state index contributed by atoms with van der Waals surface area (Å²) in [5, 5.41) is 3.51. The maximum atomic E-state index is 3.51. The molecular formula is C17H25N3. The molecule has 0 unspecified atom stereocenters. The first-order valence-electron chi connectivity index (χ1n) is 7.41. The second-order valence-electron chi connectivity index (χ2n) is 5.14. The van der Waals surface area contributed by atoms with Crippen LogP contribution in [0.4, 0.5) is 5.69 Å². The van der Waals surface area contributed by atoms with E-state index in [4.69, 9.17) is 0 Å². The highest BCUT2D eigenvalue weighted by Crippen LogP contribution is 2.10. The highest BCUT2D eigenvalue weighted by molar-refractivity contribution is 5.44. The van der Waals surface area contributed by atoms with E-state index in [0.29, 0.717) is 0 Å². The van der Waals surface area contributed by atoms with Gasteiger partial charge in [0.1, 0.15) is 0 Å². The molecule has 0 aliphatic carbocycles. The number of rotatable bonds is 8. The largest absolute Gasteiger partial charge is 0.375 e. The zero-order valence-corrected chi connectivity index (χ0v) is 12.5. The highest BCUT2D eigenvalue weighted by atomic mass is 15.1. The molecule has 1 aromatic carbocycles. The summed E-state index contributed by atoms with van der Waals surface area (Å²) in [6.45, 7) is 6.29. The van der Waals surface area contributed by atoms with Gasteiger partial charge >= 0.3 is 0 Å². The van der Waals surface area contributed by atoms with Gasteiger partial charge in [-0.15, -0.1) is 0 Å². The Balaban J connectivity index is 1.62. The molecule has 0 aliphatic heterocycles. The third-order valence-electron chi connectivity index (χ3n) is 3.55. The van der Waals surface area contributed by atoms with Gasteiger partial charge in [-0.1, -0.05) is 18.2 Å². The minimum Gasteiger partial charge on any atom is -0.375 e. The molecule has 2 aromatic rings. The van der Waals surface area contributed by atoms with Crippen LogP contribution in [0.1, 0.15) is 18.9 Å². The standard InChI is InChI=1S/C17H25N3/c1-3-20-13-10-16(15-20)14-18-11-7-12-19(2)17-8-5-4-6-9-17/h4-6,8-10,13,15,18H,3,7,11-12,14H2,1-2H3. The topological polar surface area (TPSA) is 20.2 Å². The van der Waals surface area contributed by atoms with E-state index in [1.54, 1.807) is 0 Å². The fourth-order valence-corrected chi connectivity index (χ4v) is 2.28. The number of benzene rings is 1. The van der Waals surface area contributed by atoms with Crippen LogP contribution in [0.5, 0.6) is 0 Å². The van der Waals surface area contributed by atoms with Gasteiger partial charge in [-0.2, -0.15) is 0 Å². The quantitative estimate of drug-likeness (QED) is 0.744. The molecule has 3 nitrogen and oxygen atoms in total. The molecule has 0 bridgehead atoms. The maximum Gasteiger partial charge on any atom is 0.0363 e. The smallest absolute Gasteiger partial charge is 0.0363 e. The summed E-state index contributed by atoms with van der Waals surface area (Å²) in [7, 11) is 2.15. The number of nitrogens with one attached hydrogen (secondary N) is 1. The lowest BCUT2D eigenvalue weighted by molar-refractivity contribution is 0.644. The zero-order valence-electron chi connectivity index (χ0n) is 12.5. The number of para-hydroxylation sites is 1. The Kier molecular flexibility index (Phi) is 5.69. The summed E-state index contributed by atoms with van der Waals surface area (Å²) in [6.07, 6.45) is 5.50.